The van der Waals surface area contributed by atoms with Crippen LogP contribution in [0.25, 0.3) is 6.08 Å². The fourth-order valence-electron chi connectivity index (χ4n) is 4.88. The monoisotopic (exact) mass is 430 g/mol. The zero-order chi connectivity index (χ0) is 23.3. The molecule has 0 amide bonds. The van der Waals surface area contributed by atoms with Crippen molar-refractivity contribution < 1.29 is 0 Å². The third-order valence-corrected chi connectivity index (χ3v) is 6.63. The second-order valence-corrected chi connectivity index (χ2v) is 8.83. The van der Waals surface area contributed by atoms with Gasteiger partial charge in [-0.3, -0.25) is 0 Å². The van der Waals surface area contributed by atoms with Crippen molar-refractivity contribution in [2.45, 2.75) is 53.5 Å². The Morgan fingerprint density at radius 1 is 1.22 bits per heavy atom. The summed E-state index contributed by atoms with van der Waals surface area (Å²) in [5.41, 5.74) is 7.21. The van der Waals surface area contributed by atoms with Gasteiger partial charge in [-0.25, -0.2) is 9.97 Å². The number of hydrogen-bond donors (Lipinski definition) is 0. The second-order valence-electron chi connectivity index (χ2n) is 8.83. The molecule has 2 unspecified atom stereocenters. The molecule has 2 heterocycles. The Morgan fingerprint density at radius 2 is 2.00 bits per heavy atom. The number of hydrogen-bond acceptors (Lipinski definition) is 4. The average molecular weight is 431 g/mol. The summed E-state index contributed by atoms with van der Waals surface area (Å²) in [5.74, 6) is 1.37. The molecule has 1 aromatic heterocycles. The highest BCUT2D eigenvalue weighted by molar-refractivity contribution is 5.66. The SMILES string of the molecule is C=C1CCC=C(C(C)C2CN(c3ncnc(C)c3/C=C\C)CCN2C(=C)C)/C1=C/C=C\C. The standard InChI is InChI=1S/C28H38N4/c1-8-10-14-24-21(5)13-11-15-25(24)22(6)27-18-31(16-17-32(27)20(3)4)28-26(12-9-2)23(7)29-19-30-28/h8-10,12,14-15,19,22,27H,3,5,11,13,16-18H2,1-2,4,6-7H3/b10-8-,12-9-,24-14+. The van der Waals surface area contributed by atoms with E-state index in [1.54, 1.807) is 6.33 Å². The molecule has 0 saturated carbocycles. The molecule has 0 aromatic carbocycles. The van der Waals surface area contributed by atoms with Crippen LogP contribution in [-0.2, 0) is 0 Å². The molecule has 0 spiro atoms. The molecule has 3 rings (SSSR count). The van der Waals surface area contributed by atoms with E-state index in [2.05, 4.69) is 92.1 Å². The zero-order valence-corrected chi connectivity index (χ0v) is 20.4. The number of aromatic nitrogens is 2. The predicted molar refractivity (Wildman–Crippen MR) is 138 cm³/mol. The first kappa shape index (κ1) is 23.8. The van der Waals surface area contributed by atoms with E-state index in [9.17, 15) is 0 Å². The van der Waals surface area contributed by atoms with Crippen LogP contribution in [0.2, 0.25) is 0 Å². The number of nitrogens with zero attached hydrogens (tertiary/aromatic N) is 4. The third-order valence-electron chi connectivity index (χ3n) is 6.63. The smallest absolute Gasteiger partial charge is 0.139 e. The Hall–Kier alpha value is -2.88. The van der Waals surface area contributed by atoms with Gasteiger partial charge >= 0.3 is 0 Å². The Kier molecular flexibility index (Phi) is 7.89. The highest BCUT2D eigenvalue weighted by Gasteiger charge is 2.35. The molecule has 2 aliphatic rings. The molecule has 32 heavy (non-hydrogen) atoms. The van der Waals surface area contributed by atoms with Crippen LogP contribution in [0, 0.1) is 12.8 Å². The first-order chi connectivity index (χ1) is 15.4. The van der Waals surface area contributed by atoms with Crippen molar-refractivity contribution in [1.29, 1.82) is 0 Å². The minimum atomic E-state index is 0.307. The van der Waals surface area contributed by atoms with Gasteiger partial charge in [0.05, 0.1) is 11.7 Å². The van der Waals surface area contributed by atoms with Crippen LogP contribution in [0.1, 0.15) is 51.8 Å². The molecular weight excluding hydrogens is 392 g/mol. The van der Waals surface area contributed by atoms with Crippen molar-refractivity contribution in [3.05, 3.63) is 83.5 Å². The van der Waals surface area contributed by atoms with Crippen molar-refractivity contribution in [3.63, 3.8) is 0 Å². The number of piperazine rings is 1. The van der Waals surface area contributed by atoms with Gasteiger partial charge in [0.25, 0.3) is 0 Å². The maximum Gasteiger partial charge on any atom is 0.139 e. The predicted octanol–water partition coefficient (Wildman–Crippen LogP) is 6.26. The van der Waals surface area contributed by atoms with E-state index in [0.717, 1.165) is 55.2 Å². The number of aryl methyl sites for hydroxylation is 1. The Balaban J connectivity index is 1.98. The van der Waals surface area contributed by atoms with E-state index in [4.69, 9.17) is 4.98 Å². The molecule has 0 radical (unpaired) electrons. The van der Waals surface area contributed by atoms with Crippen LogP contribution in [0.5, 0.6) is 0 Å². The lowest BCUT2D eigenvalue weighted by Crippen LogP contribution is -2.55. The van der Waals surface area contributed by atoms with Crippen molar-refractivity contribution in [2.24, 2.45) is 5.92 Å². The van der Waals surface area contributed by atoms with Gasteiger partial charge in [-0.1, -0.05) is 56.5 Å². The summed E-state index contributed by atoms with van der Waals surface area (Å²) in [7, 11) is 0. The van der Waals surface area contributed by atoms with Gasteiger partial charge in [-0.15, -0.1) is 0 Å². The highest BCUT2D eigenvalue weighted by Crippen LogP contribution is 2.37. The number of rotatable bonds is 6. The Morgan fingerprint density at radius 3 is 2.69 bits per heavy atom. The van der Waals surface area contributed by atoms with E-state index in [-0.39, 0.29) is 0 Å². The zero-order valence-electron chi connectivity index (χ0n) is 20.4. The second kappa shape index (κ2) is 10.6. The number of anilines is 1. The van der Waals surface area contributed by atoms with Crippen LogP contribution in [0.4, 0.5) is 5.82 Å². The van der Waals surface area contributed by atoms with Gasteiger partial charge in [0, 0.05) is 36.8 Å². The molecule has 0 N–H and O–H groups in total. The van der Waals surface area contributed by atoms with E-state index >= 15 is 0 Å². The lowest BCUT2D eigenvalue weighted by Gasteiger charge is -2.47. The quantitative estimate of drug-likeness (QED) is 0.533. The van der Waals surface area contributed by atoms with Crippen LogP contribution in [0.3, 0.4) is 0 Å². The molecular formula is C28H38N4. The summed E-state index contributed by atoms with van der Waals surface area (Å²) in [4.78, 5) is 14.0. The van der Waals surface area contributed by atoms with Gasteiger partial charge in [0.15, 0.2) is 0 Å². The van der Waals surface area contributed by atoms with Crippen LogP contribution in [-0.4, -0.2) is 40.5 Å². The first-order valence-electron chi connectivity index (χ1n) is 11.7. The van der Waals surface area contributed by atoms with Crippen molar-refractivity contribution in [3.8, 4) is 0 Å². The lowest BCUT2D eigenvalue weighted by molar-refractivity contribution is 0.189. The first-order valence-corrected chi connectivity index (χ1v) is 11.7. The van der Waals surface area contributed by atoms with Crippen LogP contribution in [0.15, 0.2) is 72.3 Å². The van der Waals surface area contributed by atoms with E-state index < -0.39 is 0 Å². The molecule has 0 bridgehead atoms. The van der Waals surface area contributed by atoms with Gasteiger partial charge < -0.3 is 9.80 Å². The van der Waals surface area contributed by atoms with Gasteiger partial charge in [0.2, 0.25) is 0 Å². The molecule has 1 saturated heterocycles. The van der Waals surface area contributed by atoms with Gasteiger partial charge in [-0.05, 0) is 57.3 Å². The maximum absolute atomic E-state index is 4.70. The summed E-state index contributed by atoms with van der Waals surface area (Å²) in [6, 6.07) is 0.307. The largest absolute Gasteiger partial charge is 0.368 e. The fraction of sp³-hybridized carbons (Fsp3) is 0.429. The molecule has 1 fully saturated rings. The van der Waals surface area contributed by atoms with Crippen molar-refractivity contribution in [1.82, 2.24) is 14.9 Å². The van der Waals surface area contributed by atoms with Crippen LogP contribution >= 0.6 is 0 Å². The van der Waals surface area contributed by atoms with Crippen molar-refractivity contribution >= 4 is 11.9 Å². The molecule has 4 nitrogen and oxygen atoms in total. The van der Waals surface area contributed by atoms with Gasteiger partial charge in [-0.2, -0.15) is 0 Å². The topological polar surface area (TPSA) is 32.3 Å². The van der Waals surface area contributed by atoms with Crippen molar-refractivity contribution in [2.75, 3.05) is 24.5 Å². The molecule has 170 valence electrons. The van der Waals surface area contributed by atoms with E-state index in [1.807, 2.05) is 6.92 Å². The summed E-state index contributed by atoms with van der Waals surface area (Å²) < 4.78 is 0. The average Bonchev–Trinajstić information content (AvgIpc) is 2.78. The lowest BCUT2D eigenvalue weighted by atomic mass is 9.78. The number of allylic oxidation sites excluding steroid dienone is 8. The summed E-state index contributed by atoms with van der Waals surface area (Å²) in [6.45, 7) is 22.1. The van der Waals surface area contributed by atoms with Crippen LogP contribution < -0.4 is 4.90 Å². The fourth-order valence-corrected chi connectivity index (χ4v) is 4.88. The van der Waals surface area contributed by atoms with E-state index in [0.29, 0.717) is 12.0 Å². The maximum atomic E-state index is 4.70. The Bertz CT molecular complexity index is 979. The summed E-state index contributed by atoms with van der Waals surface area (Å²) >= 11 is 0. The van der Waals surface area contributed by atoms with Gasteiger partial charge in [0.1, 0.15) is 12.1 Å². The highest BCUT2D eigenvalue weighted by atomic mass is 15.3. The Labute approximate surface area is 194 Å². The molecule has 1 aliphatic heterocycles. The molecule has 4 heteroatoms. The summed E-state index contributed by atoms with van der Waals surface area (Å²) in [5, 5.41) is 0. The van der Waals surface area contributed by atoms with E-state index in [1.165, 1.54) is 16.7 Å². The minimum absolute atomic E-state index is 0.307. The molecule has 1 aromatic rings. The third kappa shape index (κ3) is 4.95. The summed E-state index contributed by atoms with van der Waals surface area (Å²) in [6.07, 6.45) is 16.8. The minimum Gasteiger partial charge on any atom is -0.368 e. The molecule has 2 atom stereocenters. The molecule has 1 aliphatic carbocycles. The normalized spacial score (nSPS) is 22.2.